The van der Waals surface area contributed by atoms with Gasteiger partial charge in [-0.1, -0.05) is 30.1 Å². The van der Waals surface area contributed by atoms with Gasteiger partial charge in [0.15, 0.2) is 0 Å². The number of halogens is 2. The van der Waals surface area contributed by atoms with Gasteiger partial charge in [0.1, 0.15) is 0 Å². The second-order valence-electron chi connectivity index (χ2n) is 5.76. The number of carbonyl (C=O) groups is 1. The highest BCUT2D eigenvalue weighted by Gasteiger charge is 2.17. The van der Waals surface area contributed by atoms with Crippen molar-refractivity contribution < 1.29 is 13.2 Å². The summed E-state index contributed by atoms with van der Waals surface area (Å²) in [6, 6.07) is 8.40. The fourth-order valence-corrected chi connectivity index (χ4v) is 3.88. The van der Waals surface area contributed by atoms with Crippen molar-refractivity contribution in [3.05, 3.63) is 52.0 Å². The molecule has 0 aliphatic rings. The zero-order valence-corrected chi connectivity index (χ0v) is 16.5. The van der Waals surface area contributed by atoms with Gasteiger partial charge >= 0.3 is 0 Å². The average molecular weight is 416 g/mol. The molecule has 2 aromatic carbocycles. The molecule has 4 N–H and O–H groups in total. The third-order valence-electron chi connectivity index (χ3n) is 3.73. The highest BCUT2D eigenvalue weighted by molar-refractivity contribution is 7.89. The Morgan fingerprint density at radius 3 is 2.19 bits per heavy atom. The lowest BCUT2D eigenvalue weighted by Gasteiger charge is -2.12. The van der Waals surface area contributed by atoms with Crippen LogP contribution in [0.4, 0.5) is 11.4 Å². The van der Waals surface area contributed by atoms with Crippen molar-refractivity contribution in [1.29, 1.82) is 0 Å². The van der Waals surface area contributed by atoms with E-state index in [1.165, 1.54) is 36.4 Å². The maximum absolute atomic E-state index is 12.3. The molecule has 0 fully saturated rings. The third-order valence-corrected chi connectivity index (χ3v) is 5.96. The number of nitrogens with two attached hydrogens (primary N) is 1. The van der Waals surface area contributed by atoms with Gasteiger partial charge in [-0.15, -0.1) is 0 Å². The number of hydrogen-bond acceptors (Lipinski definition) is 4. The van der Waals surface area contributed by atoms with Gasteiger partial charge in [0.2, 0.25) is 10.0 Å². The van der Waals surface area contributed by atoms with Crippen molar-refractivity contribution in [3.63, 3.8) is 0 Å². The van der Waals surface area contributed by atoms with E-state index in [0.29, 0.717) is 12.1 Å². The first-order chi connectivity index (χ1) is 12.1. The maximum Gasteiger partial charge on any atom is 0.255 e. The summed E-state index contributed by atoms with van der Waals surface area (Å²) in [5, 5.41) is 3.09. The van der Waals surface area contributed by atoms with Crippen LogP contribution in [0, 0.1) is 0 Å². The number of hydrogen-bond donors (Lipinski definition) is 3. The van der Waals surface area contributed by atoms with Gasteiger partial charge < -0.3 is 11.1 Å². The zero-order chi connectivity index (χ0) is 19.5. The normalized spacial score (nSPS) is 12.6. The van der Waals surface area contributed by atoms with Crippen LogP contribution in [-0.2, 0) is 10.0 Å². The molecule has 1 unspecified atom stereocenters. The van der Waals surface area contributed by atoms with Crippen molar-refractivity contribution in [2.24, 2.45) is 0 Å². The second kappa shape index (κ2) is 8.26. The van der Waals surface area contributed by atoms with E-state index < -0.39 is 15.9 Å². The highest BCUT2D eigenvalue weighted by atomic mass is 35.5. The quantitative estimate of drug-likeness (QED) is 0.622. The Morgan fingerprint density at radius 1 is 1.15 bits per heavy atom. The van der Waals surface area contributed by atoms with E-state index in [0.717, 1.165) is 0 Å². The van der Waals surface area contributed by atoms with E-state index in [4.69, 9.17) is 28.9 Å². The maximum atomic E-state index is 12.3. The Balaban J connectivity index is 2.16. The Morgan fingerprint density at radius 2 is 1.69 bits per heavy atom. The molecule has 6 nitrogen and oxygen atoms in total. The molecular weight excluding hydrogens is 397 g/mol. The molecular formula is C17H19Cl2N3O3S. The number of amides is 1. The predicted octanol–water partition coefficient (Wildman–Crippen LogP) is 3.90. The van der Waals surface area contributed by atoms with Crippen LogP contribution in [0.2, 0.25) is 10.0 Å². The van der Waals surface area contributed by atoms with E-state index in [-0.39, 0.29) is 32.2 Å². The molecule has 9 heteroatoms. The van der Waals surface area contributed by atoms with Gasteiger partial charge in [0, 0.05) is 17.3 Å². The number of nitrogens with one attached hydrogen (secondary N) is 2. The molecule has 0 bridgehead atoms. The van der Waals surface area contributed by atoms with Gasteiger partial charge in [-0.25, -0.2) is 13.1 Å². The first kappa shape index (κ1) is 20.5. The summed E-state index contributed by atoms with van der Waals surface area (Å²) in [6.07, 6.45) is 0.673. The SMILES string of the molecule is CCC(C)NS(=O)(=O)c1ccc(C(=O)Nc2cc(Cl)c(N)c(Cl)c2)cc1. The summed E-state index contributed by atoms with van der Waals surface area (Å²) < 4.78 is 27.0. The van der Waals surface area contributed by atoms with Crippen LogP contribution in [0.3, 0.4) is 0 Å². The van der Waals surface area contributed by atoms with Crippen molar-refractivity contribution >= 4 is 50.5 Å². The third kappa shape index (κ3) is 4.88. The number of nitrogen functional groups attached to an aromatic ring is 1. The smallest absolute Gasteiger partial charge is 0.255 e. The van der Waals surface area contributed by atoms with E-state index in [1.807, 2.05) is 6.92 Å². The molecule has 0 spiro atoms. The van der Waals surface area contributed by atoms with Crippen LogP contribution in [0.1, 0.15) is 30.6 Å². The number of benzene rings is 2. The van der Waals surface area contributed by atoms with Gasteiger partial charge in [0.25, 0.3) is 5.91 Å². The summed E-state index contributed by atoms with van der Waals surface area (Å²) in [7, 11) is -3.62. The molecule has 0 aromatic heterocycles. The molecule has 0 saturated carbocycles. The van der Waals surface area contributed by atoms with Crippen LogP contribution in [0.25, 0.3) is 0 Å². The predicted molar refractivity (Wildman–Crippen MR) is 105 cm³/mol. The minimum absolute atomic E-state index is 0.0907. The first-order valence-electron chi connectivity index (χ1n) is 7.82. The molecule has 0 heterocycles. The minimum Gasteiger partial charge on any atom is -0.396 e. The lowest BCUT2D eigenvalue weighted by atomic mass is 10.2. The van der Waals surface area contributed by atoms with Crippen molar-refractivity contribution in [1.82, 2.24) is 4.72 Å². The number of rotatable bonds is 6. The Bertz CT molecular complexity index is 892. The molecule has 0 aliphatic carbocycles. The van der Waals surface area contributed by atoms with Gasteiger partial charge in [-0.2, -0.15) is 0 Å². The zero-order valence-electron chi connectivity index (χ0n) is 14.2. The standard InChI is InChI=1S/C17H19Cl2N3O3S/c1-3-10(2)22-26(24,25)13-6-4-11(5-7-13)17(23)21-12-8-14(18)16(20)15(19)9-12/h4-10,22H,3,20H2,1-2H3,(H,21,23). The number of sulfonamides is 1. The fourth-order valence-electron chi connectivity index (χ4n) is 2.06. The van der Waals surface area contributed by atoms with Crippen LogP contribution in [-0.4, -0.2) is 20.4 Å². The van der Waals surface area contributed by atoms with Crippen LogP contribution in [0.15, 0.2) is 41.3 Å². The second-order valence-corrected chi connectivity index (χ2v) is 8.29. The molecule has 26 heavy (non-hydrogen) atoms. The highest BCUT2D eigenvalue weighted by Crippen LogP contribution is 2.31. The summed E-state index contributed by atoms with van der Waals surface area (Å²) in [5.74, 6) is -0.430. The Labute approximate surface area is 162 Å². The van der Waals surface area contributed by atoms with Crippen LogP contribution >= 0.6 is 23.2 Å². The molecule has 0 saturated heterocycles. The monoisotopic (exact) mass is 415 g/mol. The molecule has 2 aromatic rings. The van der Waals surface area contributed by atoms with E-state index in [9.17, 15) is 13.2 Å². The summed E-state index contributed by atoms with van der Waals surface area (Å²) in [6.45, 7) is 3.67. The summed E-state index contributed by atoms with van der Waals surface area (Å²) in [5.41, 5.74) is 6.56. The van der Waals surface area contributed by atoms with Crippen molar-refractivity contribution in [2.45, 2.75) is 31.2 Å². The molecule has 140 valence electrons. The van der Waals surface area contributed by atoms with Crippen molar-refractivity contribution in [2.75, 3.05) is 11.1 Å². The lowest BCUT2D eigenvalue weighted by molar-refractivity contribution is 0.102. The number of anilines is 2. The first-order valence-corrected chi connectivity index (χ1v) is 10.1. The molecule has 0 aliphatic heterocycles. The average Bonchev–Trinajstić information content (AvgIpc) is 2.59. The number of carbonyl (C=O) groups excluding carboxylic acids is 1. The van der Waals surface area contributed by atoms with E-state index in [2.05, 4.69) is 10.0 Å². The summed E-state index contributed by atoms with van der Waals surface area (Å²) in [4.78, 5) is 12.4. The molecule has 0 radical (unpaired) electrons. The lowest BCUT2D eigenvalue weighted by Crippen LogP contribution is -2.32. The molecule has 1 atom stereocenters. The van der Waals surface area contributed by atoms with Crippen LogP contribution < -0.4 is 15.8 Å². The molecule has 2 rings (SSSR count). The molecule has 1 amide bonds. The fraction of sp³-hybridized carbons (Fsp3) is 0.235. The Hall–Kier alpha value is -1.80. The van der Waals surface area contributed by atoms with E-state index in [1.54, 1.807) is 6.92 Å². The van der Waals surface area contributed by atoms with Gasteiger partial charge in [-0.05, 0) is 49.7 Å². The summed E-state index contributed by atoms with van der Waals surface area (Å²) >= 11 is 11.9. The van der Waals surface area contributed by atoms with E-state index >= 15 is 0 Å². The van der Waals surface area contributed by atoms with Gasteiger partial charge in [0.05, 0.1) is 20.6 Å². The minimum atomic E-state index is -3.62. The van der Waals surface area contributed by atoms with Crippen LogP contribution in [0.5, 0.6) is 0 Å². The largest absolute Gasteiger partial charge is 0.396 e. The Kier molecular flexibility index (Phi) is 6.52. The topological polar surface area (TPSA) is 101 Å². The van der Waals surface area contributed by atoms with Crippen molar-refractivity contribution in [3.8, 4) is 0 Å². The van der Waals surface area contributed by atoms with Gasteiger partial charge in [-0.3, -0.25) is 4.79 Å².